The number of hydrogen-bond acceptors (Lipinski definition) is 4. The maximum Gasteiger partial charge on any atom is 0.342 e. The number of hydrogen-bond donors (Lipinski definition) is 2. The highest BCUT2D eigenvalue weighted by Crippen LogP contribution is 2.21. The second kappa shape index (κ2) is 3.75. The Labute approximate surface area is 81.1 Å². The number of nitro groups is 1. The predicted molar refractivity (Wildman–Crippen MR) is 49.8 cm³/mol. The first-order valence-corrected chi connectivity index (χ1v) is 4.24. The van der Waals surface area contributed by atoms with Crippen molar-refractivity contribution in [1.82, 2.24) is 10.2 Å². The minimum absolute atomic E-state index is 0.0215. The molecule has 0 bridgehead atoms. The van der Waals surface area contributed by atoms with Crippen LogP contribution in [0.2, 0.25) is 0 Å². The summed E-state index contributed by atoms with van der Waals surface area (Å²) < 4.78 is 0. The SMILES string of the molecule is CC(C)(CO)Cc1cc([N+](=O)[O-])[nH]n1. The summed E-state index contributed by atoms with van der Waals surface area (Å²) in [6, 6.07) is 1.39. The number of aliphatic hydroxyl groups is 1. The third-order valence-corrected chi connectivity index (χ3v) is 1.90. The lowest BCUT2D eigenvalue weighted by Gasteiger charge is -2.18. The van der Waals surface area contributed by atoms with Gasteiger partial charge in [0.1, 0.15) is 0 Å². The second-order valence-electron chi connectivity index (χ2n) is 4.00. The van der Waals surface area contributed by atoms with Gasteiger partial charge in [-0.3, -0.25) is 0 Å². The summed E-state index contributed by atoms with van der Waals surface area (Å²) in [7, 11) is 0. The van der Waals surface area contributed by atoms with E-state index in [1.165, 1.54) is 6.07 Å². The van der Waals surface area contributed by atoms with Crippen molar-refractivity contribution < 1.29 is 10.0 Å². The molecule has 0 radical (unpaired) electrons. The predicted octanol–water partition coefficient (Wildman–Crippen LogP) is 0.879. The molecule has 0 aliphatic rings. The number of nitrogens with zero attached hydrogens (tertiary/aromatic N) is 2. The average molecular weight is 199 g/mol. The van der Waals surface area contributed by atoms with E-state index in [0.717, 1.165) is 0 Å². The fraction of sp³-hybridized carbons (Fsp3) is 0.625. The molecule has 0 saturated carbocycles. The molecule has 2 N–H and O–H groups in total. The zero-order chi connectivity index (χ0) is 10.8. The van der Waals surface area contributed by atoms with Crippen LogP contribution in [0.15, 0.2) is 6.07 Å². The van der Waals surface area contributed by atoms with Crippen molar-refractivity contribution in [3.8, 4) is 0 Å². The first-order valence-electron chi connectivity index (χ1n) is 4.24. The summed E-state index contributed by atoms with van der Waals surface area (Å²) in [5.74, 6) is -0.117. The van der Waals surface area contributed by atoms with Crippen molar-refractivity contribution in [2.24, 2.45) is 5.41 Å². The molecule has 1 aromatic rings. The Balaban J connectivity index is 2.73. The van der Waals surface area contributed by atoms with Crippen LogP contribution < -0.4 is 0 Å². The largest absolute Gasteiger partial charge is 0.396 e. The van der Waals surface area contributed by atoms with Crippen molar-refractivity contribution in [2.45, 2.75) is 20.3 Å². The van der Waals surface area contributed by atoms with Crippen LogP contribution in [0.3, 0.4) is 0 Å². The highest BCUT2D eigenvalue weighted by Gasteiger charge is 2.20. The Hall–Kier alpha value is -1.43. The van der Waals surface area contributed by atoms with E-state index in [-0.39, 0.29) is 17.8 Å². The molecule has 0 aromatic carbocycles. The summed E-state index contributed by atoms with van der Waals surface area (Å²) >= 11 is 0. The molecule has 6 heteroatoms. The van der Waals surface area contributed by atoms with Gasteiger partial charge in [-0.25, -0.2) is 0 Å². The molecule has 0 spiro atoms. The molecule has 14 heavy (non-hydrogen) atoms. The van der Waals surface area contributed by atoms with Gasteiger partial charge in [-0.15, -0.1) is 5.10 Å². The third-order valence-electron chi connectivity index (χ3n) is 1.90. The normalized spacial score (nSPS) is 11.6. The van der Waals surface area contributed by atoms with E-state index in [1.807, 2.05) is 13.8 Å². The number of aromatic nitrogens is 2. The highest BCUT2D eigenvalue weighted by molar-refractivity contribution is 5.21. The van der Waals surface area contributed by atoms with E-state index in [1.54, 1.807) is 0 Å². The molecule has 78 valence electrons. The van der Waals surface area contributed by atoms with Gasteiger partial charge in [-0.1, -0.05) is 18.9 Å². The second-order valence-corrected chi connectivity index (χ2v) is 4.00. The molecule has 0 atom stereocenters. The van der Waals surface area contributed by atoms with Crippen LogP contribution in [0.5, 0.6) is 0 Å². The number of rotatable bonds is 4. The quantitative estimate of drug-likeness (QED) is 0.556. The molecule has 1 heterocycles. The first kappa shape index (κ1) is 10.6. The fourth-order valence-corrected chi connectivity index (χ4v) is 1.08. The summed E-state index contributed by atoms with van der Waals surface area (Å²) in [4.78, 5) is 9.81. The van der Waals surface area contributed by atoms with Gasteiger partial charge in [0.2, 0.25) is 0 Å². The first-order chi connectivity index (χ1) is 6.44. The summed E-state index contributed by atoms with van der Waals surface area (Å²) in [6.07, 6.45) is 0.508. The lowest BCUT2D eigenvalue weighted by Crippen LogP contribution is -2.19. The van der Waals surface area contributed by atoms with E-state index in [2.05, 4.69) is 10.2 Å². The van der Waals surface area contributed by atoms with Crippen molar-refractivity contribution >= 4 is 5.82 Å². The lowest BCUT2D eigenvalue weighted by molar-refractivity contribution is -0.389. The number of H-pyrrole nitrogens is 1. The zero-order valence-electron chi connectivity index (χ0n) is 8.15. The Morgan fingerprint density at radius 1 is 1.71 bits per heavy atom. The smallest absolute Gasteiger partial charge is 0.342 e. The van der Waals surface area contributed by atoms with Crippen LogP contribution >= 0.6 is 0 Å². The fourth-order valence-electron chi connectivity index (χ4n) is 1.08. The summed E-state index contributed by atoms with van der Waals surface area (Å²) in [6.45, 7) is 3.76. The summed E-state index contributed by atoms with van der Waals surface area (Å²) in [5, 5.41) is 25.4. The van der Waals surface area contributed by atoms with Crippen LogP contribution in [0.25, 0.3) is 0 Å². The third kappa shape index (κ3) is 2.53. The van der Waals surface area contributed by atoms with Gasteiger partial charge >= 0.3 is 5.82 Å². The summed E-state index contributed by atoms with van der Waals surface area (Å²) in [5.41, 5.74) is 0.291. The van der Waals surface area contributed by atoms with Crippen LogP contribution in [0.1, 0.15) is 19.5 Å². The molecule has 0 aliphatic heterocycles. The van der Waals surface area contributed by atoms with Gasteiger partial charge in [0.15, 0.2) is 0 Å². The van der Waals surface area contributed by atoms with Crippen molar-refractivity contribution in [2.75, 3.05) is 6.61 Å². The van der Waals surface area contributed by atoms with Crippen molar-refractivity contribution in [3.63, 3.8) is 0 Å². The number of aromatic amines is 1. The Morgan fingerprint density at radius 3 is 2.79 bits per heavy atom. The number of aliphatic hydroxyl groups excluding tert-OH is 1. The monoisotopic (exact) mass is 199 g/mol. The molecule has 6 nitrogen and oxygen atoms in total. The molecular weight excluding hydrogens is 186 g/mol. The van der Waals surface area contributed by atoms with E-state index in [0.29, 0.717) is 12.1 Å². The average Bonchev–Trinajstić information content (AvgIpc) is 2.52. The maximum absolute atomic E-state index is 10.3. The minimum atomic E-state index is -0.525. The Bertz CT molecular complexity index is 332. The minimum Gasteiger partial charge on any atom is -0.396 e. The molecule has 0 fully saturated rings. The van der Waals surface area contributed by atoms with E-state index < -0.39 is 4.92 Å². The topological polar surface area (TPSA) is 92.0 Å². The molecule has 0 amide bonds. The lowest BCUT2D eigenvalue weighted by atomic mass is 9.89. The van der Waals surface area contributed by atoms with Gasteiger partial charge in [0.05, 0.1) is 11.8 Å². The van der Waals surface area contributed by atoms with E-state index in [9.17, 15) is 10.1 Å². The van der Waals surface area contributed by atoms with Crippen LogP contribution in [0.4, 0.5) is 5.82 Å². The van der Waals surface area contributed by atoms with Crippen molar-refractivity contribution in [1.29, 1.82) is 0 Å². The van der Waals surface area contributed by atoms with E-state index >= 15 is 0 Å². The molecule has 0 aliphatic carbocycles. The van der Waals surface area contributed by atoms with Gasteiger partial charge < -0.3 is 15.2 Å². The molecular formula is C8H13N3O3. The maximum atomic E-state index is 10.3. The van der Waals surface area contributed by atoms with Crippen LogP contribution in [0, 0.1) is 15.5 Å². The Morgan fingerprint density at radius 2 is 2.36 bits per heavy atom. The molecule has 1 rings (SSSR count). The molecule has 0 unspecified atom stereocenters. The molecule has 0 saturated heterocycles. The number of nitrogens with one attached hydrogen (secondary N) is 1. The highest BCUT2D eigenvalue weighted by atomic mass is 16.6. The standard InChI is InChI=1S/C8H13N3O3/c1-8(2,5-12)4-6-3-7(10-9-6)11(13)14/h3,12H,4-5H2,1-2H3,(H,9,10). The Kier molecular flexibility index (Phi) is 2.85. The van der Waals surface area contributed by atoms with Gasteiger partial charge in [-0.05, 0) is 10.3 Å². The van der Waals surface area contributed by atoms with Gasteiger partial charge in [0.25, 0.3) is 0 Å². The molecule has 1 aromatic heterocycles. The van der Waals surface area contributed by atoms with Gasteiger partial charge in [0, 0.05) is 13.0 Å². The van der Waals surface area contributed by atoms with Crippen LogP contribution in [-0.2, 0) is 6.42 Å². The van der Waals surface area contributed by atoms with Crippen LogP contribution in [-0.4, -0.2) is 26.8 Å². The van der Waals surface area contributed by atoms with Crippen molar-refractivity contribution in [3.05, 3.63) is 21.9 Å². The zero-order valence-corrected chi connectivity index (χ0v) is 8.15. The van der Waals surface area contributed by atoms with Gasteiger partial charge in [-0.2, -0.15) is 0 Å². The van der Waals surface area contributed by atoms with E-state index in [4.69, 9.17) is 5.11 Å².